The second kappa shape index (κ2) is 7.65. The van der Waals surface area contributed by atoms with Crippen LogP contribution in [0, 0.1) is 20.8 Å². The van der Waals surface area contributed by atoms with Gasteiger partial charge in [0.2, 0.25) is 0 Å². The molecule has 0 aliphatic heterocycles. The third-order valence-corrected chi connectivity index (χ3v) is 3.96. The van der Waals surface area contributed by atoms with Crippen molar-refractivity contribution in [1.82, 2.24) is 0 Å². The van der Waals surface area contributed by atoms with Crippen molar-refractivity contribution in [2.75, 3.05) is 13.2 Å². The fraction of sp³-hybridized carbons (Fsp3) is 0.647. The van der Waals surface area contributed by atoms with Crippen LogP contribution in [0.2, 0.25) is 0 Å². The first-order valence-electron chi connectivity index (χ1n) is 7.53. The monoisotopic (exact) mass is 279 g/mol. The number of aliphatic hydroxyl groups excluding tert-OH is 1. The van der Waals surface area contributed by atoms with Crippen molar-refractivity contribution in [2.24, 2.45) is 5.73 Å². The molecule has 0 aliphatic rings. The minimum Gasteiger partial charge on any atom is -0.493 e. The Morgan fingerprint density at radius 3 is 2.45 bits per heavy atom. The maximum absolute atomic E-state index is 9.76. The van der Waals surface area contributed by atoms with Gasteiger partial charge in [-0.1, -0.05) is 13.8 Å². The average Bonchev–Trinajstić information content (AvgIpc) is 2.41. The second-order valence-electron chi connectivity index (χ2n) is 5.73. The third kappa shape index (κ3) is 3.97. The van der Waals surface area contributed by atoms with Crippen molar-refractivity contribution in [3.8, 4) is 5.75 Å². The Morgan fingerprint density at radius 1 is 1.25 bits per heavy atom. The fourth-order valence-corrected chi connectivity index (χ4v) is 2.81. The Labute approximate surface area is 123 Å². The number of benzene rings is 1. The van der Waals surface area contributed by atoms with Crippen molar-refractivity contribution < 1.29 is 9.84 Å². The smallest absolute Gasteiger partial charge is 0.122 e. The summed E-state index contributed by atoms with van der Waals surface area (Å²) in [4.78, 5) is 0. The number of hydrogen-bond donors (Lipinski definition) is 2. The highest BCUT2D eigenvalue weighted by atomic mass is 16.5. The Hall–Kier alpha value is -1.06. The van der Waals surface area contributed by atoms with Gasteiger partial charge in [0, 0.05) is 6.54 Å². The summed E-state index contributed by atoms with van der Waals surface area (Å²) >= 11 is 0. The van der Waals surface area contributed by atoms with Crippen LogP contribution in [0.1, 0.15) is 54.9 Å². The van der Waals surface area contributed by atoms with Gasteiger partial charge in [0.05, 0.1) is 12.7 Å². The molecule has 1 rings (SSSR count). The van der Waals surface area contributed by atoms with E-state index >= 15 is 0 Å². The molecule has 0 amide bonds. The average molecular weight is 279 g/mol. The van der Waals surface area contributed by atoms with Crippen molar-refractivity contribution in [3.05, 3.63) is 28.3 Å². The quantitative estimate of drug-likeness (QED) is 0.806. The zero-order chi connectivity index (χ0) is 15.3. The standard InChI is InChI=1S/C17H29NO2/c1-6-7-20-16-9-12(3)17(14(5)13(16)4)11(2)8-15(19)10-18/h9,11,15,19H,6-8,10,18H2,1-5H3. The fourth-order valence-electron chi connectivity index (χ4n) is 2.81. The van der Waals surface area contributed by atoms with Crippen molar-refractivity contribution in [1.29, 1.82) is 0 Å². The lowest BCUT2D eigenvalue weighted by Crippen LogP contribution is -2.22. The van der Waals surface area contributed by atoms with E-state index in [2.05, 4.69) is 40.7 Å². The van der Waals surface area contributed by atoms with Crippen LogP contribution in [0.25, 0.3) is 0 Å². The molecule has 1 aromatic rings. The lowest BCUT2D eigenvalue weighted by molar-refractivity contribution is 0.165. The van der Waals surface area contributed by atoms with Crippen molar-refractivity contribution in [2.45, 2.75) is 59.5 Å². The molecule has 3 N–H and O–H groups in total. The summed E-state index contributed by atoms with van der Waals surface area (Å²) in [6, 6.07) is 2.12. The number of hydrogen-bond acceptors (Lipinski definition) is 3. The first-order valence-corrected chi connectivity index (χ1v) is 7.53. The lowest BCUT2D eigenvalue weighted by atomic mass is 9.86. The molecule has 3 heteroatoms. The van der Waals surface area contributed by atoms with E-state index in [-0.39, 0.29) is 0 Å². The van der Waals surface area contributed by atoms with Crippen LogP contribution in [-0.4, -0.2) is 24.4 Å². The highest BCUT2D eigenvalue weighted by molar-refractivity contribution is 5.49. The Morgan fingerprint density at radius 2 is 1.90 bits per heavy atom. The minimum atomic E-state index is -0.430. The van der Waals surface area contributed by atoms with Crippen molar-refractivity contribution >= 4 is 0 Å². The van der Waals surface area contributed by atoms with Gasteiger partial charge in [-0.15, -0.1) is 0 Å². The van der Waals surface area contributed by atoms with Gasteiger partial charge < -0.3 is 15.6 Å². The van der Waals surface area contributed by atoms with E-state index in [9.17, 15) is 5.11 Å². The van der Waals surface area contributed by atoms with E-state index in [1.165, 1.54) is 22.3 Å². The van der Waals surface area contributed by atoms with Gasteiger partial charge in [-0.25, -0.2) is 0 Å². The number of aryl methyl sites for hydroxylation is 1. The highest BCUT2D eigenvalue weighted by Gasteiger charge is 2.18. The van der Waals surface area contributed by atoms with Gasteiger partial charge in [-0.2, -0.15) is 0 Å². The van der Waals surface area contributed by atoms with Crippen LogP contribution < -0.4 is 10.5 Å². The molecule has 0 fully saturated rings. The zero-order valence-corrected chi connectivity index (χ0v) is 13.5. The number of nitrogens with two attached hydrogens (primary N) is 1. The van der Waals surface area contributed by atoms with E-state index < -0.39 is 6.10 Å². The van der Waals surface area contributed by atoms with Crippen LogP contribution in [-0.2, 0) is 0 Å². The predicted molar refractivity (Wildman–Crippen MR) is 84.5 cm³/mol. The Kier molecular flexibility index (Phi) is 6.50. The summed E-state index contributed by atoms with van der Waals surface area (Å²) in [6.07, 6.45) is 1.28. The van der Waals surface area contributed by atoms with Gasteiger partial charge >= 0.3 is 0 Å². The SMILES string of the molecule is CCCOc1cc(C)c(C(C)CC(O)CN)c(C)c1C. The summed E-state index contributed by atoms with van der Waals surface area (Å²) in [5.74, 6) is 1.28. The molecule has 0 saturated heterocycles. The van der Waals surface area contributed by atoms with E-state index in [0.717, 1.165) is 18.8 Å². The number of aliphatic hydroxyl groups is 1. The summed E-state index contributed by atoms with van der Waals surface area (Å²) in [6.45, 7) is 11.7. The molecule has 0 spiro atoms. The lowest BCUT2D eigenvalue weighted by Gasteiger charge is -2.23. The number of rotatable bonds is 7. The molecule has 0 aliphatic carbocycles. The second-order valence-corrected chi connectivity index (χ2v) is 5.73. The summed E-state index contributed by atoms with van der Waals surface area (Å²) in [5.41, 5.74) is 10.5. The van der Waals surface area contributed by atoms with E-state index in [4.69, 9.17) is 10.5 Å². The maximum Gasteiger partial charge on any atom is 0.122 e. The Bertz CT molecular complexity index is 443. The molecule has 0 bridgehead atoms. The third-order valence-electron chi connectivity index (χ3n) is 3.96. The van der Waals surface area contributed by atoms with Crippen LogP contribution in [0.3, 0.4) is 0 Å². The van der Waals surface area contributed by atoms with Crippen LogP contribution in [0.4, 0.5) is 0 Å². The van der Waals surface area contributed by atoms with Gasteiger partial charge in [-0.05, 0) is 67.9 Å². The molecule has 3 nitrogen and oxygen atoms in total. The normalized spacial score (nSPS) is 14.2. The van der Waals surface area contributed by atoms with E-state index in [1.54, 1.807) is 0 Å². The molecule has 0 aromatic heterocycles. The van der Waals surface area contributed by atoms with Gasteiger partial charge in [0.1, 0.15) is 5.75 Å². The molecule has 0 radical (unpaired) electrons. The van der Waals surface area contributed by atoms with Crippen LogP contribution in [0.5, 0.6) is 5.75 Å². The van der Waals surface area contributed by atoms with Crippen molar-refractivity contribution in [3.63, 3.8) is 0 Å². The molecule has 2 unspecified atom stereocenters. The molecule has 2 atom stereocenters. The van der Waals surface area contributed by atoms with Gasteiger partial charge in [-0.3, -0.25) is 0 Å². The van der Waals surface area contributed by atoms with Crippen LogP contribution in [0.15, 0.2) is 6.07 Å². The Balaban J connectivity index is 3.06. The molecular weight excluding hydrogens is 250 g/mol. The van der Waals surface area contributed by atoms with E-state index in [0.29, 0.717) is 18.9 Å². The summed E-state index contributed by atoms with van der Waals surface area (Å²) in [5, 5.41) is 9.76. The molecule has 1 aromatic carbocycles. The molecule has 20 heavy (non-hydrogen) atoms. The maximum atomic E-state index is 9.76. The van der Waals surface area contributed by atoms with Gasteiger partial charge in [0.25, 0.3) is 0 Å². The largest absolute Gasteiger partial charge is 0.493 e. The summed E-state index contributed by atoms with van der Waals surface area (Å²) < 4.78 is 5.82. The predicted octanol–water partition coefficient (Wildman–Crippen LogP) is 3.21. The molecule has 0 saturated carbocycles. The van der Waals surface area contributed by atoms with E-state index in [1.807, 2.05) is 0 Å². The topological polar surface area (TPSA) is 55.5 Å². The molecule has 0 heterocycles. The zero-order valence-electron chi connectivity index (χ0n) is 13.5. The molecular formula is C17H29NO2. The van der Waals surface area contributed by atoms with Crippen LogP contribution >= 0.6 is 0 Å². The summed E-state index contributed by atoms with van der Waals surface area (Å²) in [7, 11) is 0. The highest BCUT2D eigenvalue weighted by Crippen LogP contribution is 2.34. The first-order chi connectivity index (χ1) is 9.42. The first kappa shape index (κ1) is 17.0. The molecule has 114 valence electrons. The number of ether oxygens (including phenoxy) is 1. The minimum absolute atomic E-state index is 0.299. The van der Waals surface area contributed by atoms with Gasteiger partial charge in [0.15, 0.2) is 0 Å².